The van der Waals surface area contributed by atoms with Crippen LogP contribution in [0, 0.1) is 5.92 Å². The van der Waals surface area contributed by atoms with Gasteiger partial charge in [0.15, 0.2) is 0 Å². The molecule has 11 heteroatoms. The Kier molecular flexibility index (Phi) is 6.98. The van der Waals surface area contributed by atoms with Crippen molar-refractivity contribution >= 4 is 33.3 Å². The van der Waals surface area contributed by atoms with Gasteiger partial charge in [-0.15, -0.1) is 0 Å². The highest BCUT2D eigenvalue weighted by atomic mass is 32.2. The van der Waals surface area contributed by atoms with E-state index in [2.05, 4.69) is 15.4 Å². The summed E-state index contributed by atoms with van der Waals surface area (Å²) in [5.41, 5.74) is 0.916. The van der Waals surface area contributed by atoms with Crippen LogP contribution in [-0.4, -0.2) is 49.0 Å². The first-order chi connectivity index (χ1) is 17.7. The molecule has 1 aromatic heterocycles. The topological polar surface area (TPSA) is 130 Å². The summed E-state index contributed by atoms with van der Waals surface area (Å²) in [7, 11) is -4.00. The number of aromatic nitrogens is 1. The third-order valence-corrected chi connectivity index (χ3v) is 8.93. The fraction of sp³-hybridized carbons (Fsp3) is 0.500. The zero-order valence-electron chi connectivity index (χ0n) is 20.9. The van der Waals surface area contributed by atoms with Crippen molar-refractivity contribution in [2.45, 2.75) is 68.8 Å². The van der Waals surface area contributed by atoms with Crippen LogP contribution in [0.25, 0.3) is 0 Å². The molecule has 3 N–H and O–H groups in total. The monoisotopic (exact) mass is 527 g/mol. The lowest BCUT2D eigenvalue weighted by atomic mass is 9.83. The number of sulfonamides is 1. The lowest BCUT2D eigenvalue weighted by Gasteiger charge is -2.43. The van der Waals surface area contributed by atoms with Crippen LogP contribution in [-0.2, 0) is 21.4 Å². The number of carbonyl (C=O) groups is 2. The Hall–Kier alpha value is -3.34. The van der Waals surface area contributed by atoms with Crippen molar-refractivity contribution in [2.24, 2.45) is 5.92 Å². The fourth-order valence-electron chi connectivity index (χ4n) is 5.83. The predicted octanol–water partition coefficient (Wildman–Crippen LogP) is 3.07. The molecule has 0 radical (unpaired) electrons. The van der Waals surface area contributed by atoms with Crippen molar-refractivity contribution in [1.82, 2.24) is 14.8 Å². The summed E-state index contributed by atoms with van der Waals surface area (Å²) in [6.07, 6.45) is 6.50. The summed E-state index contributed by atoms with van der Waals surface area (Å²) in [4.78, 5) is 39.3. The normalized spacial score (nSPS) is 21.6. The van der Waals surface area contributed by atoms with Crippen LogP contribution < -0.4 is 20.9 Å². The minimum absolute atomic E-state index is 0.0124. The second-order valence-electron chi connectivity index (χ2n) is 10.4. The van der Waals surface area contributed by atoms with Crippen molar-refractivity contribution < 1.29 is 18.0 Å². The van der Waals surface area contributed by atoms with E-state index in [1.165, 1.54) is 43.7 Å². The van der Waals surface area contributed by atoms with Gasteiger partial charge in [0, 0.05) is 49.9 Å². The molecule has 198 valence electrons. The maximum absolute atomic E-state index is 13.3. The van der Waals surface area contributed by atoms with Gasteiger partial charge in [0.1, 0.15) is 5.69 Å². The molecule has 1 aliphatic carbocycles. The highest BCUT2D eigenvalue weighted by Gasteiger charge is 2.37. The summed E-state index contributed by atoms with van der Waals surface area (Å²) in [5, 5.41) is 5.79. The Bertz CT molecular complexity index is 1350. The molecule has 1 saturated carbocycles. The maximum atomic E-state index is 13.3. The number of fused-ring (bicyclic) bond motifs is 4. The summed E-state index contributed by atoms with van der Waals surface area (Å²) < 4.78 is 30.0. The molecule has 3 amide bonds. The number of piperidine rings is 1. The predicted molar refractivity (Wildman–Crippen MR) is 140 cm³/mol. The molecule has 2 bridgehead atoms. The molecule has 2 atom stereocenters. The highest BCUT2D eigenvalue weighted by molar-refractivity contribution is 7.92. The van der Waals surface area contributed by atoms with E-state index in [1.54, 1.807) is 10.6 Å². The van der Waals surface area contributed by atoms with E-state index >= 15 is 0 Å². The largest absolute Gasteiger partial charge is 0.335 e. The molecule has 5 rings (SSSR count). The minimum Gasteiger partial charge on any atom is -0.335 e. The van der Waals surface area contributed by atoms with Gasteiger partial charge < -0.3 is 20.1 Å². The highest BCUT2D eigenvalue weighted by Crippen LogP contribution is 2.35. The van der Waals surface area contributed by atoms with Crippen LogP contribution in [0.2, 0.25) is 0 Å². The van der Waals surface area contributed by atoms with E-state index in [1.807, 2.05) is 4.90 Å². The molecular weight excluding hydrogens is 494 g/mol. The second kappa shape index (κ2) is 10.2. The second-order valence-corrected chi connectivity index (χ2v) is 12.1. The third kappa shape index (κ3) is 5.51. The minimum atomic E-state index is -4.00. The first-order valence-electron chi connectivity index (χ1n) is 12.9. The number of amides is 3. The molecule has 0 unspecified atom stereocenters. The molecule has 0 spiro atoms. The van der Waals surface area contributed by atoms with Gasteiger partial charge in [0.05, 0.1) is 4.90 Å². The van der Waals surface area contributed by atoms with Gasteiger partial charge in [0.2, 0.25) is 5.91 Å². The number of carbonyl (C=O) groups excluding carboxylic acids is 2. The van der Waals surface area contributed by atoms with E-state index in [0.29, 0.717) is 25.3 Å². The Morgan fingerprint density at radius 3 is 2.38 bits per heavy atom. The Morgan fingerprint density at radius 2 is 1.68 bits per heavy atom. The quantitative estimate of drug-likeness (QED) is 0.550. The van der Waals surface area contributed by atoms with Gasteiger partial charge in [0.25, 0.3) is 15.6 Å². The zero-order chi connectivity index (χ0) is 26.2. The molecule has 10 nitrogen and oxygen atoms in total. The van der Waals surface area contributed by atoms with Gasteiger partial charge in [-0.25, -0.2) is 13.2 Å². The average Bonchev–Trinajstić information content (AvgIpc) is 2.86. The number of anilines is 2. The SMILES string of the molecule is CC(=O)Nc1ccc(S(=O)(=O)Nc2ccc3n(c2=O)C[C@@H]2C[C@@H]3CN(C(=O)NC3CCCCC3)C2)cc1. The summed E-state index contributed by atoms with van der Waals surface area (Å²) >= 11 is 0. The molecule has 2 aliphatic heterocycles. The van der Waals surface area contributed by atoms with E-state index in [-0.39, 0.29) is 46.0 Å². The molecule has 2 fully saturated rings. The van der Waals surface area contributed by atoms with Crippen LogP contribution in [0.5, 0.6) is 0 Å². The van der Waals surface area contributed by atoms with Crippen molar-refractivity contribution in [3.05, 3.63) is 52.4 Å². The summed E-state index contributed by atoms with van der Waals surface area (Å²) in [6, 6.07) is 9.27. The number of urea groups is 1. The van der Waals surface area contributed by atoms with Gasteiger partial charge in [-0.1, -0.05) is 19.3 Å². The number of benzene rings is 1. The smallest absolute Gasteiger partial charge is 0.317 e. The Balaban J connectivity index is 1.30. The molecule has 3 heterocycles. The first-order valence-corrected chi connectivity index (χ1v) is 14.4. The van der Waals surface area contributed by atoms with Crippen LogP contribution in [0.3, 0.4) is 0 Å². The number of hydrogen-bond donors (Lipinski definition) is 3. The summed E-state index contributed by atoms with van der Waals surface area (Å²) in [5.74, 6) is -0.0907. The number of nitrogens with one attached hydrogen (secondary N) is 3. The fourth-order valence-corrected chi connectivity index (χ4v) is 6.88. The third-order valence-electron chi connectivity index (χ3n) is 7.55. The first kappa shape index (κ1) is 25.3. The molecular formula is C26H33N5O5S. The molecule has 2 aromatic rings. The van der Waals surface area contributed by atoms with E-state index in [0.717, 1.165) is 37.8 Å². The van der Waals surface area contributed by atoms with E-state index < -0.39 is 10.0 Å². The van der Waals surface area contributed by atoms with E-state index in [9.17, 15) is 22.8 Å². The molecule has 3 aliphatic rings. The van der Waals surface area contributed by atoms with Gasteiger partial charge in [-0.3, -0.25) is 14.3 Å². The molecule has 1 saturated heterocycles. The summed E-state index contributed by atoms with van der Waals surface area (Å²) in [6.45, 7) is 2.93. The number of likely N-dealkylation sites (tertiary alicyclic amines) is 1. The standard InChI is InChI=1S/C26H33N5O5S/c1-17(32)27-21-7-9-22(10-8-21)37(35,36)29-23-11-12-24-19-13-18(15-31(24)25(23)33)14-30(16-19)26(34)28-20-5-3-2-4-6-20/h7-12,18-20,29H,2-6,13-16H2,1H3,(H,27,32)(H,28,34)/t18-,19-/m1/s1. The number of rotatable bonds is 5. The zero-order valence-corrected chi connectivity index (χ0v) is 21.7. The van der Waals surface area contributed by atoms with E-state index in [4.69, 9.17) is 0 Å². The van der Waals surface area contributed by atoms with Crippen molar-refractivity contribution in [1.29, 1.82) is 0 Å². The lowest BCUT2D eigenvalue weighted by molar-refractivity contribution is -0.114. The lowest BCUT2D eigenvalue weighted by Crippen LogP contribution is -2.53. The number of pyridine rings is 1. The van der Waals surface area contributed by atoms with Crippen molar-refractivity contribution in [3.8, 4) is 0 Å². The van der Waals surface area contributed by atoms with Gasteiger partial charge in [-0.05, 0) is 61.6 Å². The Morgan fingerprint density at radius 1 is 0.946 bits per heavy atom. The van der Waals surface area contributed by atoms with Crippen LogP contribution >= 0.6 is 0 Å². The molecule has 37 heavy (non-hydrogen) atoms. The number of hydrogen-bond acceptors (Lipinski definition) is 5. The van der Waals surface area contributed by atoms with Crippen molar-refractivity contribution in [2.75, 3.05) is 23.1 Å². The maximum Gasteiger partial charge on any atom is 0.317 e. The Labute approximate surface area is 216 Å². The van der Waals surface area contributed by atoms with Gasteiger partial charge in [-0.2, -0.15) is 0 Å². The van der Waals surface area contributed by atoms with Crippen LogP contribution in [0.15, 0.2) is 46.1 Å². The van der Waals surface area contributed by atoms with Crippen LogP contribution in [0.1, 0.15) is 57.1 Å². The van der Waals surface area contributed by atoms with Crippen LogP contribution in [0.4, 0.5) is 16.2 Å². The van der Waals surface area contributed by atoms with Gasteiger partial charge >= 0.3 is 6.03 Å². The number of nitrogens with zero attached hydrogens (tertiary/aromatic N) is 2. The molecule has 1 aromatic carbocycles. The average molecular weight is 528 g/mol. The van der Waals surface area contributed by atoms with Crippen molar-refractivity contribution in [3.63, 3.8) is 0 Å².